The first-order valence-electron chi connectivity index (χ1n) is 5.57. The molecule has 1 amide bonds. The lowest BCUT2D eigenvalue weighted by molar-refractivity contribution is -0.147. The van der Waals surface area contributed by atoms with E-state index in [2.05, 4.69) is 4.98 Å². The lowest BCUT2D eigenvalue weighted by Crippen LogP contribution is -2.34. The van der Waals surface area contributed by atoms with Gasteiger partial charge in [0.2, 0.25) is 0 Å². The van der Waals surface area contributed by atoms with Gasteiger partial charge in [-0.15, -0.1) is 0 Å². The molecule has 2 heterocycles. The number of carbonyl (C=O) groups is 2. The molecule has 1 aliphatic heterocycles. The molecule has 96 valence electrons. The quantitative estimate of drug-likeness (QED) is 0.829. The van der Waals surface area contributed by atoms with Gasteiger partial charge in [0, 0.05) is 19.3 Å². The van der Waals surface area contributed by atoms with Gasteiger partial charge < -0.3 is 10.0 Å². The second-order valence-electron chi connectivity index (χ2n) is 4.71. The Hall–Kier alpha value is -1.62. The molecule has 0 spiro atoms. The van der Waals surface area contributed by atoms with E-state index in [9.17, 15) is 9.59 Å². The average molecular weight is 269 g/mol. The predicted molar refractivity (Wildman–Crippen MR) is 65.5 cm³/mol. The third-order valence-electron chi connectivity index (χ3n) is 3.25. The van der Waals surface area contributed by atoms with Crippen molar-refractivity contribution < 1.29 is 14.7 Å². The number of nitrogens with zero attached hydrogens (tertiary/aromatic N) is 2. The number of rotatable bonds is 2. The minimum absolute atomic E-state index is 0.204. The van der Waals surface area contributed by atoms with Crippen molar-refractivity contribution in [1.82, 2.24) is 9.88 Å². The summed E-state index contributed by atoms with van der Waals surface area (Å²) in [6, 6.07) is 3.13. The van der Waals surface area contributed by atoms with Crippen molar-refractivity contribution in [3.05, 3.63) is 29.0 Å². The largest absolute Gasteiger partial charge is 0.481 e. The van der Waals surface area contributed by atoms with Crippen molar-refractivity contribution in [2.75, 3.05) is 13.1 Å². The van der Waals surface area contributed by atoms with Crippen LogP contribution in [0, 0.1) is 5.41 Å². The lowest BCUT2D eigenvalue weighted by atomic mass is 9.90. The van der Waals surface area contributed by atoms with Crippen LogP contribution >= 0.6 is 11.6 Å². The fourth-order valence-electron chi connectivity index (χ4n) is 1.99. The Morgan fingerprint density at radius 2 is 2.22 bits per heavy atom. The Morgan fingerprint density at radius 1 is 1.50 bits per heavy atom. The molecule has 1 saturated heterocycles. The van der Waals surface area contributed by atoms with Crippen molar-refractivity contribution in [2.45, 2.75) is 13.3 Å². The van der Waals surface area contributed by atoms with Gasteiger partial charge in [0.25, 0.3) is 5.91 Å². The SMILES string of the molecule is CC1(C(=O)O)CCN(C(=O)c2ccc(Cl)nc2)C1. The van der Waals surface area contributed by atoms with Gasteiger partial charge in [0.05, 0.1) is 11.0 Å². The maximum Gasteiger partial charge on any atom is 0.311 e. The molecular formula is C12H13ClN2O3. The summed E-state index contributed by atoms with van der Waals surface area (Å²) in [5.74, 6) is -1.07. The molecule has 1 unspecified atom stereocenters. The van der Waals surface area contributed by atoms with E-state index in [0.717, 1.165) is 0 Å². The number of pyridine rings is 1. The molecule has 1 aromatic rings. The predicted octanol–water partition coefficient (Wildman–Crippen LogP) is 1.67. The highest BCUT2D eigenvalue weighted by molar-refractivity contribution is 6.29. The minimum atomic E-state index is -0.868. The Morgan fingerprint density at radius 3 is 2.72 bits per heavy atom. The Kier molecular flexibility index (Phi) is 3.26. The Labute approximate surface area is 109 Å². The van der Waals surface area contributed by atoms with Crippen LogP contribution in [0.5, 0.6) is 0 Å². The van der Waals surface area contributed by atoms with Gasteiger partial charge in [-0.1, -0.05) is 11.6 Å². The second-order valence-corrected chi connectivity index (χ2v) is 5.10. The summed E-state index contributed by atoms with van der Waals surface area (Å²) >= 11 is 5.65. The van der Waals surface area contributed by atoms with E-state index in [-0.39, 0.29) is 12.5 Å². The summed E-state index contributed by atoms with van der Waals surface area (Å²) in [4.78, 5) is 28.6. The van der Waals surface area contributed by atoms with Crippen molar-refractivity contribution in [3.63, 3.8) is 0 Å². The highest BCUT2D eigenvalue weighted by Gasteiger charge is 2.42. The van der Waals surface area contributed by atoms with E-state index in [0.29, 0.717) is 23.7 Å². The van der Waals surface area contributed by atoms with Crippen LogP contribution in [-0.2, 0) is 4.79 Å². The van der Waals surface area contributed by atoms with Crippen LogP contribution in [0.3, 0.4) is 0 Å². The van der Waals surface area contributed by atoms with Crippen LogP contribution in [0.2, 0.25) is 5.15 Å². The number of halogens is 1. The first-order chi connectivity index (χ1) is 8.42. The Bertz CT molecular complexity index is 489. The van der Waals surface area contributed by atoms with Gasteiger partial charge in [-0.2, -0.15) is 0 Å². The molecule has 2 rings (SSSR count). The highest BCUT2D eigenvalue weighted by Crippen LogP contribution is 2.30. The zero-order chi connectivity index (χ0) is 13.3. The van der Waals surface area contributed by atoms with Crippen molar-refractivity contribution >= 4 is 23.5 Å². The summed E-state index contributed by atoms with van der Waals surface area (Å²) in [7, 11) is 0. The number of carboxylic acid groups (broad SMARTS) is 1. The zero-order valence-corrected chi connectivity index (χ0v) is 10.6. The topological polar surface area (TPSA) is 70.5 Å². The van der Waals surface area contributed by atoms with E-state index >= 15 is 0 Å². The normalized spacial score (nSPS) is 23.1. The molecule has 0 radical (unpaired) electrons. The molecular weight excluding hydrogens is 256 g/mol. The number of likely N-dealkylation sites (tertiary alicyclic amines) is 1. The van der Waals surface area contributed by atoms with Crippen molar-refractivity contribution in [1.29, 1.82) is 0 Å². The highest BCUT2D eigenvalue weighted by atomic mass is 35.5. The van der Waals surface area contributed by atoms with Gasteiger partial charge in [-0.05, 0) is 25.5 Å². The number of aromatic nitrogens is 1. The maximum absolute atomic E-state index is 12.1. The number of hydrogen-bond acceptors (Lipinski definition) is 3. The van der Waals surface area contributed by atoms with Gasteiger partial charge in [0.15, 0.2) is 0 Å². The van der Waals surface area contributed by atoms with E-state index in [1.807, 2.05) is 0 Å². The average Bonchev–Trinajstić information content (AvgIpc) is 2.73. The third-order valence-corrected chi connectivity index (χ3v) is 3.47. The second kappa shape index (κ2) is 4.57. The van der Waals surface area contributed by atoms with Crippen LogP contribution in [0.1, 0.15) is 23.7 Å². The zero-order valence-electron chi connectivity index (χ0n) is 9.89. The standard InChI is InChI=1S/C12H13ClN2O3/c1-12(11(17)18)4-5-15(7-12)10(16)8-2-3-9(13)14-6-8/h2-3,6H,4-5,7H2,1H3,(H,17,18). The first kappa shape index (κ1) is 12.8. The molecule has 0 saturated carbocycles. The molecule has 1 atom stereocenters. The molecule has 1 aromatic heterocycles. The monoisotopic (exact) mass is 268 g/mol. The van der Waals surface area contributed by atoms with Gasteiger partial charge in [-0.3, -0.25) is 9.59 Å². The number of carboxylic acids is 1. The molecule has 1 aliphatic rings. The molecule has 5 nitrogen and oxygen atoms in total. The molecule has 0 bridgehead atoms. The van der Waals surface area contributed by atoms with Crippen LogP contribution in [0.4, 0.5) is 0 Å². The number of hydrogen-bond donors (Lipinski definition) is 1. The summed E-state index contributed by atoms with van der Waals surface area (Å²) in [5.41, 5.74) is -0.427. The summed E-state index contributed by atoms with van der Waals surface area (Å²) in [6.45, 7) is 2.33. The van der Waals surface area contributed by atoms with Crippen LogP contribution < -0.4 is 0 Å². The van der Waals surface area contributed by atoms with Crippen LogP contribution in [0.25, 0.3) is 0 Å². The van der Waals surface area contributed by atoms with Crippen molar-refractivity contribution in [3.8, 4) is 0 Å². The fraction of sp³-hybridized carbons (Fsp3) is 0.417. The Balaban J connectivity index is 2.12. The number of aliphatic carboxylic acids is 1. The van der Waals surface area contributed by atoms with Crippen molar-refractivity contribution in [2.24, 2.45) is 5.41 Å². The molecule has 18 heavy (non-hydrogen) atoms. The number of carbonyl (C=O) groups excluding carboxylic acids is 1. The van der Waals surface area contributed by atoms with E-state index < -0.39 is 11.4 Å². The van der Waals surface area contributed by atoms with Crippen LogP contribution in [0.15, 0.2) is 18.3 Å². The van der Waals surface area contributed by atoms with Gasteiger partial charge in [-0.25, -0.2) is 4.98 Å². The van der Waals surface area contributed by atoms with Crippen LogP contribution in [-0.4, -0.2) is 40.0 Å². The maximum atomic E-state index is 12.1. The summed E-state index contributed by atoms with van der Waals surface area (Å²) in [6.07, 6.45) is 1.87. The molecule has 6 heteroatoms. The summed E-state index contributed by atoms with van der Waals surface area (Å²) < 4.78 is 0. The number of amides is 1. The van der Waals surface area contributed by atoms with Gasteiger partial charge in [0.1, 0.15) is 5.15 Å². The first-order valence-corrected chi connectivity index (χ1v) is 5.94. The fourth-order valence-corrected chi connectivity index (χ4v) is 2.11. The minimum Gasteiger partial charge on any atom is -0.481 e. The molecule has 1 fully saturated rings. The van der Waals surface area contributed by atoms with Gasteiger partial charge >= 0.3 is 5.97 Å². The van der Waals surface area contributed by atoms with E-state index in [1.54, 1.807) is 24.0 Å². The molecule has 1 N–H and O–H groups in total. The smallest absolute Gasteiger partial charge is 0.311 e. The third kappa shape index (κ3) is 2.31. The summed E-state index contributed by atoms with van der Waals surface area (Å²) in [5, 5.41) is 9.43. The van der Waals surface area contributed by atoms with E-state index in [1.165, 1.54) is 6.20 Å². The molecule has 0 aromatic carbocycles. The van der Waals surface area contributed by atoms with E-state index in [4.69, 9.17) is 16.7 Å². The molecule has 0 aliphatic carbocycles. The lowest BCUT2D eigenvalue weighted by Gasteiger charge is -2.20.